The van der Waals surface area contributed by atoms with Crippen LogP contribution >= 0.6 is 23.2 Å². The minimum absolute atomic E-state index is 0.0525. The van der Waals surface area contributed by atoms with E-state index in [2.05, 4.69) is 20.1 Å². The van der Waals surface area contributed by atoms with Crippen molar-refractivity contribution in [3.05, 3.63) is 75.9 Å². The smallest absolute Gasteiger partial charge is 0.365 e. The van der Waals surface area contributed by atoms with Gasteiger partial charge in [-0.3, -0.25) is 14.6 Å². The third-order valence-electron chi connectivity index (χ3n) is 5.62. The van der Waals surface area contributed by atoms with Crippen LogP contribution in [0.2, 0.25) is 10.0 Å². The zero-order chi connectivity index (χ0) is 21.9. The molecule has 0 saturated heterocycles. The molecule has 2 atom stereocenters. The Kier molecular flexibility index (Phi) is 4.46. The van der Waals surface area contributed by atoms with Crippen LogP contribution in [0.3, 0.4) is 0 Å². The van der Waals surface area contributed by atoms with Crippen molar-refractivity contribution >= 4 is 29.0 Å². The van der Waals surface area contributed by atoms with Crippen molar-refractivity contribution in [2.75, 3.05) is 0 Å². The summed E-state index contributed by atoms with van der Waals surface area (Å²) in [6, 6.07) is 2.72. The fourth-order valence-electron chi connectivity index (χ4n) is 4.35. The second-order valence-electron chi connectivity index (χ2n) is 7.34. The number of rotatable bonds is 3. The lowest BCUT2D eigenvalue weighted by Gasteiger charge is -2.18. The highest BCUT2D eigenvalue weighted by Gasteiger charge is 2.42. The minimum Gasteiger partial charge on any atom is -0.434 e. The maximum Gasteiger partial charge on any atom is 0.365 e. The number of benzene rings is 1. The largest absolute Gasteiger partial charge is 0.434 e. The number of ether oxygens (including phenoxy) is 1. The van der Waals surface area contributed by atoms with Gasteiger partial charge in [0.25, 0.3) is 11.1 Å². The lowest BCUT2D eigenvalue weighted by Crippen LogP contribution is -2.30. The van der Waals surface area contributed by atoms with E-state index in [1.54, 1.807) is 0 Å². The van der Waals surface area contributed by atoms with E-state index in [-0.39, 0.29) is 44.8 Å². The first kappa shape index (κ1) is 19.5. The van der Waals surface area contributed by atoms with Gasteiger partial charge in [-0.15, -0.1) is 9.78 Å². The molecule has 0 spiro atoms. The molecular weight excluding hydrogens is 447 g/mol. The molecule has 12 heteroatoms. The van der Waals surface area contributed by atoms with Gasteiger partial charge in [-0.05, 0) is 48.3 Å². The van der Waals surface area contributed by atoms with E-state index >= 15 is 0 Å². The Morgan fingerprint density at radius 2 is 1.77 bits per heavy atom. The molecule has 1 saturated carbocycles. The number of hydrogen-bond acceptors (Lipinski definition) is 6. The van der Waals surface area contributed by atoms with Crippen molar-refractivity contribution in [3.63, 3.8) is 0 Å². The highest BCUT2D eigenvalue weighted by atomic mass is 35.5. The topological polar surface area (TPSA) is 127 Å². The normalized spacial score (nSPS) is 18.6. The number of hydrogen-bond donors (Lipinski definition) is 2. The number of aromatic amines is 2. The third-order valence-corrected chi connectivity index (χ3v) is 6.18. The van der Waals surface area contributed by atoms with Crippen LogP contribution in [0.5, 0.6) is 11.6 Å². The van der Waals surface area contributed by atoms with Gasteiger partial charge in [0, 0.05) is 11.1 Å². The second-order valence-corrected chi connectivity index (χ2v) is 8.15. The van der Waals surface area contributed by atoms with Gasteiger partial charge < -0.3 is 9.58 Å². The summed E-state index contributed by atoms with van der Waals surface area (Å²) in [4.78, 5) is 40.9. The van der Waals surface area contributed by atoms with Crippen molar-refractivity contribution in [1.82, 2.24) is 25.0 Å². The fourth-order valence-corrected chi connectivity index (χ4v) is 4.90. The molecule has 3 aromatic rings. The van der Waals surface area contributed by atoms with Crippen LogP contribution in [0, 0.1) is 6.57 Å². The van der Waals surface area contributed by atoms with Crippen LogP contribution in [0.4, 0.5) is 5.82 Å². The summed E-state index contributed by atoms with van der Waals surface area (Å²) in [6.45, 7) is 6.99. The molecular formula is C19H12Cl2N6O4. The van der Waals surface area contributed by atoms with Crippen molar-refractivity contribution in [1.29, 1.82) is 0 Å². The van der Waals surface area contributed by atoms with E-state index in [0.717, 1.165) is 29.5 Å². The number of fused-ring (bicyclic) bond motifs is 5. The number of halogens is 2. The van der Waals surface area contributed by atoms with Gasteiger partial charge in [-0.25, -0.2) is 9.89 Å². The van der Waals surface area contributed by atoms with Gasteiger partial charge in [0.15, 0.2) is 5.75 Å². The van der Waals surface area contributed by atoms with Crippen LogP contribution in [-0.4, -0.2) is 25.0 Å². The SMILES string of the molecule is [C-]#[N+]c1nn(-c2cc(Cl)c(Oc3n[nH]c(=O)c4c3C3CCC4C3)c(Cl)c2)c(=O)[nH]c1=O. The van der Waals surface area contributed by atoms with E-state index in [1.165, 1.54) is 12.1 Å². The molecule has 2 unspecified atom stereocenters. The summed E-state index contributed by atoms with van der Waals surface area (Å²) >= 11 is 12.7. The molecule has 10 nitrogen and oxygen atoms in total. The summed E-state index contributed by atoms with van der Waals surface area (Å²) in [5.41, 5.74) is -0.319. The predicted molar refractivity (Wildman–Crippen MR) is 111 cm³/mol. The van der Waals surface area contributed by atoms with E-state index in [4.69, 9.17) is 34.5 Å². The fraction of sp³-hybridized carbons (Fsp3) is 0.263. The maximum absolute atomic E-state index is 12.2. The first-order chi connectivity index (χ1) is 14.9. The number of aromatic nitrogens is 5. The molecule has 0 radical (unpaired) electrons. The highest BCUT2D eigenvalue weighted by Crippen LogP contribution is 2.54. The monoisotopic (exact) mass is 458 g/mol. The summed E-state index contributed by atoms with van der Waals surface area (Å²) in [6.07, 6.45) is 2.82. The van der Waals surface area contributed by atoms with E-state index in [0.29, 0.717) is 5.56 Å². The van der Waals surface area contributed by atoms with Gasteiger partial charge in [0.1, 0.15) is 0 Å². The lowest BCUT2D eigenvalue weighted by molar-refractivity contribution is 0.440. The van der Waals surface area contributed by atoms with Gasteiger partial charge in [0.05, 0.1) is 15.7 Å². The molecule has 0 amide bonds. The van der Waals surface area contributed by atoms with Gasteiger partial charge in [-0.1, -0.05) is 29.8 Å². The molecule has 31 heavy (non-hydrogen) atoms. The third kappa shape index (κ3) is 3.05. The first-order valence-electron chi connectivity index (χ1n) is 9.28. The Hall–Kier alpha value is -3.42. The Morgan fingerprint density at radius 1 is 1.10 bits per heavy atom. The maximum atomic E-state index is 12.2. The standard InChI is InChI=1S/C19H12Cl2N6O4/c1-22-15-17(29)23-19(30)27(26-15)9-5-10(20)14(11(21)6-9)31-18-13-8-3-2-7(4-8)12(13)16(28)24-25-18/h5-8H,2-4H2,(H,24,28)(H,23,29,30). The quantitative estimate of drug-likeness (QED) is 0.580. The molecule has 2 aliphatic carbocycles. The predicted octanol–water partition coefficient (Wildman–Crippen LogP) is 3.02. The van der Waals surface area contributed by atoms with Gasteiger partial charge in [-0.2, -0.15) is 0 Å². The first-order valence-corrected chi connectivity index (χ1v) is 10.0. The second kappa shape index (κ2) is 7.08. The molecule has 2 bridgehead atoms. The van der Waals surface area contributed by atoms with E-state index in [1.807, 2.05) is 4.98 Å². The highest BCUT2D eigenvalue weighted by molar-refractivity contribution is 6.37. The molecule has 2 N–H and O–H groups in total. The van der Waals surface area contributed by atoms with Crippen molar-refractivity contribution in [2.24, 2.45) is 0 Å². The summed E-state index contributed by atoms with van der Waals surface area (Å²) in [5.74, 6) is 0.248. The molecule has 2 heterocycles. The molecule has 5 rings (SSSR count). The summed E-state index contributed by atoms with van der Waals surface area (Å²) in [7, 11) is 0. The summed E-state index contributed by atoms with van der Waals surface area (Å²) in [5, 5.41) is 10.4. The van der Waals surface area contributed by atoms with E-state index < -0.39 is 17.1 Å². The molecule has 1 aromatic carbocycles. The Morgan fingerprint density at radius 3 is 2.45 bits per heavy atom. The molecule has 156 valence electrons. The van der Waals surface area contributed by atoms with Crippen LogP contribution in [-0.2, 0) is 0 Å². The van der Waals surface area contributed by atoms with E-state index in [9.17, 15) is 14.4 Å². The Labute approximate surface area is 183 Å². The van der Waals surface area contributed by atoms with Gasteiger partial charge >= 0.3 is 11.5 Å². The Balaban J connectivity index is 1.58. The average Bonchev–Trinajstić information content (AvgIpc) is 3.35. The van der Waals surface area contributed by atoms with Crippen LogP contribution in [0.1, 0.15) is 42.2 Å². The lowest BCUT2D eigenvalue weighted by atomic mass is 9.94. The molecule has 2 aromatic heterocycles. The summed E-state index contributed by atoms with van der Waals surface area (Å²) < 4.78 is 6.73. The Bertz CT molecular complexity index is 1440. The number of nitrogens with zero attached hydrogens (tertiary/aromatic N) is 4. The average molecular weight is 459 g/mol. The van der Waals surface area contributed by atoms with Gasteiger partial charge in [0.2, 0.25) is 5.88 Å². The number of nitrogens with one attached hydrogen (secondary N) is 2. The van der Waals surface area contributed by atoms with Crippen LogP contribution < -0.4 is 21.5 Å². The zero-order valence-corrected chi connectivity index (χ0v) is 17.1. The van der Waals surface area contributed by atoms with Crippen molar-refractivity contribution in [3.8, 4) is 17.3 Å². The zero-order valence-electron chi connectivity index (χ0n) is 15.6. The van der Waals surface area contributed by atoms with Crippen molar-refractivity contribution < 1.29 is 4.74 Å². The molecule has 0 aliphatic heterocycles. The minimum atomic E-state index is -0.888. The van der Waals surface area contributed by atoms with Crippen molar-refractivity contribution in [2.45, 2.75) is 31.1 Å². The molecule has 1 fully saturated rings. The van der Waals surface area contributed by atoms with Crippen LogP contribution in [0.25, 0.3) is 10.5 Å². The molecule has 2 aliphatic rings. The van der Waals surface area contributed by atoms with Crippen LogP contribution in [0.15, 0.2) is 26.5 Å². The number of H-pyrrole nitrogens is 2.